The largest absolute Gasteiger partial charge is 0.495 e. The second kappa shape index (κ2) is 10.1. The molecule has 0 aromatic heterocycles. The zero-order chi connectivity index (χ0) is 22.3. The molecule has 0 heterocycles. The Morgan fingerprint density at radius 1 is 0.935 bits per heavy atom. The molecule has 162 valence electrons. The number of nitrogens with zero attached hydrogens (tertiary/aromatic N) is 1. The maximum Gasteiger partial charge on any atom is 0.264 e. The number of anilines is 1. The molecule has 0 unspecified atom stereocenters. The minimum absolute atomic E-state index is 0.0986. The number of hydrogen-bond donors (Lipinski definition) is 1. The molecule has 0 atom stereocenters. The SMILES string of the molecule is COc1ccccc1N(C)S(=O)(=O)c1ccc(C(=O)NCCCc2ccccc2)cc1. The van der Waals surface area contributed by atoms with Crippen LogP contribution in [0.4, 0.5) is 5.69 Å². The summed E-state index contributed by atoms with van der Waals surface area (Å²) >= 11 is 0. The third kappa shape index (κ3) is 5.44. The van der Waals surface area contributed by atoms with Gasteiger partial charge in [-0.05, 0) is 54.8 Å². The number of aryl methyl sites for hydroxylation is 1. The van der Waals surface area contributed by atoms with E-state index in [0.29, 0.717) is 23.5 Å². The first-order valence-electron chi connectivity index (χ1n) is 9.97. The van der Waals surface area contributed by atoms with E-state index in [1.54, 1.807) is 24.3 Å². The summed E-state index contributed by atoms with van der Waals surface area (Å²) in [6.45, 7) is 0.546. The van der Waals surface area contributed by atoms with Crippen molar-refractivity contribution in [3.05, 3.63) is 90.0 Å². The zero-order valence-corrected chi connectivity index (χ0v) is 18.4. The lowest BCUT2D eigenvalue weighted by Gasteiger charge is -2.21. The predicted octanol–water partition coefficient (Wildman–Crippen LogP) is 3.88. The second-order valence-electron chi connectivity index (χ2n) is 7.01. The van der Waals surface area contributed by atoms with Crippen molar-refractivity contribution in [2.75, 3.05) is 25.0 Å². The highest BCUT2D eigenvalue weighted by Gasteiger charge is 2.23. The summed E-state index contributed by atoms with van der Waals surface area (Å²) in [5.74, 6) is 0.232. The van der Waals surface area contributed by atoms with Gasteiger partial charge in [0.25, 0.3) is 15.9 Å². The quantitative estimate of drug-likeness (QED) is 0.515. The first kappa shape index (κ1) is 22.4. The molecule has 3 rings (SSSR count). The summed E-state index contributed by atoms with van der Waals surface area (Å²) in [7, 11) is -0.832. The van der Waals surface area contributed by atoms with Crippen LogP contribution in [0.5, 0.6) is 5.75 Å². The minimum atomic E-state index is -3.80. The average Bonchev–Trinajstić information content (AvgIpc) is 2.82. The number of nitrogens with one attached hydrogen (secondary N) is 1. The number of para-hydroxylation sites is 2. The van der Waals surface area contributed by atoms with Crippen LogP contribution >= 0.6 is 0 Å². The van der Waals surface area contributed by atoms with E-state index in [2.05, 4.69) is 17.4 Å². The van der Waals surface area contributed by atoms with E-state index in [0.717, 1.165) is 12.8 Å². The lowest BCUT2D eigenvalue weighted by Crippen LogP contribution is -2.27. The van der Waals surface area contributed by atoms with Gasteiger partial charge < -0.3 is 10.1 Å². The number of benzene rings is 3. The normalized spacial score (nSPS) is 11.0. The molecule has 0 spiro atoms. The molecule has 0 fully saturated rings. The molecular formula is C24H26N2O4S. The summed E-state index contributed by atoms with van der Waals surface area (Å²) < 4.78 is 32.4. The van der Waals surface area contributed by atoms with Gasteiger partial charge in [-0.3, -0.25) is 9.10 Å². The van der Waals surface area contributed by atoms with Crippen LogP contribution in [0.1, 0.15) is 22.3 Å². The van der Waals surface area contributed by atoms with Gasteiger partial charge in [0.05, 0.1) is 17.7 Å². The van der Waals surface area contributed by atoms with Gasteiger partial charge in [0.1, 0.15) is 5.75 Å². The van der Waals surface area contributed by atoms with Crippen molar-refractivity contribution in [2.24, 2.45) is 0 Å². The molecule has 0 bridgehead atoms. The van der Waals surface area contributed by atoms with Crippen molar-refractivity contribution in [3.8, 4) is 5.75 Å². The molecular weight excluding hydrogens is 412 g/mol. The number of ether oxygens (including phenoxy) is 1. The number of methoxy groups -OCH3 is 1. The summed E-state index contributed by atoms with van der Waals surface area (Å²) in [6.07, 6.45) is 1.71. The predicted molar refractivity (Wildman–Crippen MR) is 122 cm³/mol. The number of rotatable bonds is 9. The van der Waals surface area contributed by atoms with Gasteiger partial charge in [0, 0.05) is 19.2 Å². The number of sulfonamides is 1. The molecule has 1 amide bonds. The van der Waals surface area contributed by atoms with Crippen LogP contribution < -0.4 is 14.4 Å². The van der Waals surface area contributed by atoms with Gasteiger partial charge in [0.15, 0.2) is 0 Å². The molecule has 0 aliphatic rings. The van der Waals surface area contributed by atoms with Crippen molar-refractivity contribution in [2.45, 2.75) is 17.7 Å². The smallest absolute Gasteiger partial charge is 0.264 e. The van der Waals surface area contributed by atoms with Crippen molar-refractivity contribution >= 4 is 21.6 Å². The van der Waals surface area contributed by atoms with E-state index in [9.17, 15) is 13.2 Å². The summed E-state index contributed by atoms with van der Waals surface area (Å²) in [4.78, 5) is 12.5. The fourth-order valence-corrected chi connectivity index (χ4v) is 4.40. The first-order chi connectivity index (χ1) is 14.9. The van der Waals surface area contributed by atoms with Gasteiger partial charge >= 0.3 is 0 Å². The van der Waals surface area contributed by atoms with Crippen LogP contribution in [0.25, 0.3) is 0 Å². The molecule has 0 aliphatic carbocycles. The van der Waals surface area contributed by atoms with Crippen LogP contribution in [0, 0.1) is 0 Å². The number of hydrogen-bond acceptors (Lipinski definition) is 4. The Hall–Kier alpha value is -3.32. The van der Waals surface area contributed by atoms with Crippen molar-refractivity contribution < 1.29 is 17.9 Å². The Labute approximate surface area is 183 Å². The molecule has 7 heteroatoms. The van der Waals surface area contributed by atoms with E-state index in [1.165, 1.54) is 48.3 Å². The first-order valence-corrected chi connectivity index (χ1v) is 11.4. The van der Waals surface area contributed by atoms with Crippen molar-refractivity contribution in [1.82, 2.24) is 5.32 Å². The Morgan fingerprint density at radius 3 is 2.26 bits per heavy atom. The molecule has 1 N–H and O–H groups in total. The van der Waals surface area contributed by atoms with Gasteiger partial charge in [-0.1, -0.05) is 42.5 Å². The molecule has 0 saturated carbocycles. The van der Waals surface area contributed by atoms with E-state index >= 15 is 0 Å². The molecule has 0 radical (unpaired) electrons. The molecule has 0 aliphatic heterocycles. The van der Waals surface area contributed by atoms with Crippen LogP contribution in [0.2, 0.25) is 0 Å². The molecule has 0 saturated heterocycles. The average molecular weight is 439 g/mol. The highest BCUT2D eigenvalue weighted by Crippen LogP contribution is 2.30. The summed E-state index contributed by atoms with van der Waals surface area (Å²) in [6, 6.07) is 22.9. The van der Waals surface area contributed by atoms with Crippen molar-refractivity contribution in [1.29, 1.82) is 0 Å². The highest BCUT2D eigenvalue weighted by molar-refractivity contribution is 7.92. The van der Waals surface area contributed by atoms with Crippen LogP contribution in [0.15, 0.2) is 83.8 Å². The maximum atomic E-state index is 13.0. The van der Waals surface area contributed by atoms with Gasteiger partial charge in [0.2, 0.25) is 0 Å². The number of carbonyl (C=O) groups is 1. The van der Waals surface area contributed by atoms with E-state index < -0.39 is 10.0 Å². The second-order valence-corrected chi connectivity index (χ2v) is 8.98. The van der Waals surface area contributed by atoms with Gasteiger partial charge in [-0.2, -0.15) is 0 Å². The summed E-state index contributed by atoms with van der Waals surface area (Å²) in [5.41, 5.74) is 2.08. The topological polar surface area (TPSA) is 75.7 Å². The van der Waals surface area contributed by atoms with Gasteiger partial charge in [-0.25, -0.2) is 8.42 Å². The fraction of sp³-hybridized carbons (Fsp3) is 0.208. The lowest BCUT2D eigenvalue weighted by molar-refractivity contribution is 0.0953. The monoisotopic (exact) mass is 438 g/mol. The maximum absolute atomic E-state index is 13.0. The van der Waals surface area contributed by atoms with Crippen LogP contribution in [-0.4, -0.2) is 35.0 Å². The molecule has 31 heavy (non-hydrogen) atoms. The Balaban J connectivity index is 1.62. The fourth-order valence-electron chi connectivity index (χ4n) is 3.20. The van der Waals surface area contributed by atoms with E-state index in [4.69, 9.17) is 4.74 Å². The summed E-state index contributed by atoms with van der Waals surface area (Å²) in [5, 5.41) is 2.88. The van der Waals surface area contributed by atoms with Crippen LogP contribution in [0.3, 0.4) is 0 Å². The van der Waals surface area contributed by atoms with Crippen molar-refractivity contribution in [3.63, 3.8) is 0 Å². The third-order valence-corrected chi connectivity index (χ3v) is 6.76. The molecule has 6 nitrogen and oxygen atoms in total. The Morgan fingerprint density at radius 2 is 1.58 bits per heavy atom. The highest BCUT2D eigenvalue weighted by atomic mass is 32.2. The molecule has 3 aromatic carbocycles. The molecule has 3 aromatic rings. The van der Waals surface area contributed by atoms with Gasteiger partial charge in [-0.15, -0.1) is 0 Å². The standard InChI is InChI=1S/C24H26N2O4S/c1-26(22-12-6-7-13-23(22)30-2)31(28,29)21-16-14-20(15-17-21)24(27)25-18-8-11-19-9-4-3-5-10-19/h3-7,9-10,12-17H,8,11,18H2,1-2H3,(H,25,27). The van der Waals surface area contributed by atoms with Crippen LogP contribution in [-0.2, 0) is 16.4 Å². The zero-order valence-electron chi connectivity index (χ0n) is 17.6. The lowest BCUT2D eigenvalue weighted by atomic mass is 10.1. The Kier molecular flexibility index (Phi) is 7.31. The minimum Gasteiger partial charge on any atom is -0.495 e. The van der Waals surface area contributed by atoms with E-state index in [-0.39, 0.29) is 10.8 Å². The van der Waals surface area contributed by atoms with E-state index in [1.807, 2.05) is 18.2 Å². The third-order valence-electron chi connectivity index (χ3n) is 4.97. The number of carbonyl (C=O) groups excluding carboxylic acids is 1. The Bertz CT molecular complexity index is 1110. The number of amides is 1.